The summed E-state index contributed by atoms with van der Waals surface area (Å²) in [5.74, 6) is 0.126. The van der Waals surface area contributed by atoms with Crippen LogP contribution in [-0.4, -0.2) is 34.5 Å². The van der Waals surface area contributed by atoms with Gasteiger partial charge in [0.15, 0.2) is 0 Å². The Kier molecular flexibility index (Phi) is 5.24. The Labute approximate surface area is 103 Å². The summed E-state index contributed by atoms with van der Waals surface area (Å²) in [5.41, 5.74) is -0.909. The minimum Gasteiger partial charge on any atom is -0.394 e. The highest BCUT2D eigenvalue weighted by Gasteiger charge is 2.33. The number of nitrogens with one attached hydrogen (secondary N) is 1. The first kappa shape index (κ1) is 14.6. The Balaban J connectivity index is 0.000000771. The predicted octanol–water partition coefficient (Wildman–Crippen LogP) is 0.0382. The van der Waals surface area contributed by atoms with Gasteiger partial charge in [-0.05, 0) is 6.42 Å². The topological polar surface area (TPSA) is 84.3 Å². The molecule has 2 heterocycles. The third-order valence-electron chi connectivity index (χ3n) is 2.78. The van der Waals surface area contributed by atoms with Gasteiger partial charge in [0.1, 0.15) is 6.23 Å². The molecule has 18 heavy (non-hydrogen) atoms. The van der Waals surface area contributed by atoms with Crippen LogP contribution in [0.3, 0.4) is 0 Å². The molecule has 3 atom stereocenters. The molecule has 1 aliphatic heterocycles. The molecule has 102 valence electrons. The lowest BCUT2D eigenvalue weighted by Crippen LogP contribution is -2.33. The van der Waals surface area contributed by atoms with Crippen LogP contribution >= 0.6 is 0 Å². The number of aromatic amines is 1. The Hall–Kier alpha value is -1.47. The first-order valence-corrected chi connectivity index (χ1v) is 5.57. The summed E-state index contributed by atoms with van der Waals surface area (Å²) in [6.45, 7) is 1.89. The first-order valence-electron chi connectivity index (χ1n) is 5.57. The van der Waals surface area contributed by atoms with Crippen LogP contribution in [0.1, 0.15) is 19.6 Å². The number of rotatable bonds is 2. The number of aliphatic hydroxyl groups is 1. The highest BCUT2D eigenvalue weighted by Crippen LogP contribution is 2.32. The molecule has 7 heteroatoms. The monoisotopic (exact) mass is 260 g/mol. The van der Waals surface area contributed by atoms with Crippen molar-refractivity contribution < 1.29 is 14.2 Å². The normalized spacial score (nSPS) is 26.6. The largest absolute Gasteiger partial charge is 0.394 e. The summed E-state index contributed by atoms with van der Waals surface area (Å²) in [5, 5.41) is 8.99. The molecule has 1 aliphatic rings. The molecule has 2 N–H and O–H groups in total. The standard InChI is InChI=1S/C10H14N2O4.CH3F/c1-6-4-7(5-13)16-9(6)12-3-2-8(14)11-10(12)15;1-2/h2-3,6-7,9,13H,4-5H2,1H3,(H,11,14,15);1H3/t6-,7-,9+;/m0./s1. The van der Waals surface area contributed by atoms with Crippen molar-refractivity contribution in [2.24, 2.45) is 5.92 Å². The Morgan fingerprint density at radius 2 is 2.22 bits per heavy atom. The minimum atomic E-state index is -0.483. The van der Waals surface area contributed by atoms with Crippen molar-refractivity contribution in [3.05, 3.63) is 33.1 Å². The van der Waals surface area contributed by atoms with Gasteiger partial charge in [-0.25, -0.2) is 4.79 Å². The van der Waals surface area contributed by atoms with Crippen molar-refractivity contribution in [1.29, 1.82) is 0 Å². The van der Waals surface area contributed by atoms with Gasteiger partial charge in [0.25, 0.3) is 5.56 Å². The molecule has 0 saturated carbocycles. The molecule has 0 unspecified atom stereocenters. The molecule has 2 rings (SSSR count). The number of alkyl halides is 1. The molecule has 1 fully saturated rings. The van der Waals surface area contributed by atoms with Gasteiger partial charge in [-0.2, -0.15) is 0 Å². The summed E-state index contributed by atoms with van der Waals surface area (Å²) >= 11 is 0. The van der Waals surface area contributed by atoms with Gasteiger partial charge in [0.2, 0.25) is 0 Å². The molecular formula is C11H17FN2O4. The van der Waals surface area contributed by atoms with Crippen molar-refractivity contribution in [3.63, 3.8) is 0 Å². The number of hydrogen-bond donors (Lipinski definition) is 2. The Morgan fingerprint density at radius 3 is 2.72 bits per heavy atom. The van der Waals surface area contributed by atoms with E-state index < -0.39 is 17.5 Å². The number of ether oxygens (including phenoxy) is 1. The van der Waals surface area contributed by atoms with Gasteiger partial charge in [0, 0.05) is 18.2 Å². The fourth-order valence-electron chi connectivity index (χ4n) is 2.00. The quantitative estimate of drug-likeness (QED) is 0.786. The van der Waals surface area contributed by atoms with E-state index in [0.717, 1.165) is 0 Å². The van der Waals surface area contributed by atoms with E-state index in [9.17, 15) is 14.0 Å². The lowest BCUT2D eigenvalue weighted by molar-refractivity contribution is -0.0336. The summed E-state index contributed by atoms with van der Waals surface area (Å²) < 4.78 is 16.4. The summed E-state index contributed by atoms with van der Waals surface area (Å²) in [6.07, 6.45) is 1.47. The van der Waals surface area contributed by atoms with E-state index in [1.165, 1.54) is 16.8 Å². The lowest BCUT2D eigenvalue weighted by atomic mass is 10.1. The van der Waals surface area contributed by atoms with Crippen molar-refractivity contribution in [2.45, 2.75) is 25.7 Å². The van der Waals surface area contributed by atoms with E-state index in [0.29, 0.717) is 13.6 Å². The average Bonchev–Trinajstić information content (AvgIpc) is 2.73. The van der Waals surface area contributed by atoms with Crippen molar-refractivity contribution >= 4 is 0 Å². The van der Waals surface area contributed by atoms with Gasteiger partial charge in [-0.1, -0.05) is 6.92 Å². The molecule has 1 aromatic rings. The SMILES string of the molecule is CF.C[C@H]1C[C@@H](CO)O[C@H]1n1ccc(=O)[nH]c1=O. The molecule has 6 nitrogen and oxygen atoms in total. The zero-order valence-corrected chi connectivity index (χ0v) is 10.3. The average molecular weight is 260 g/mol. The van der Waals surface area contributed by atoms with Crippen LogP contribution in [-0.2, 0) is 4.74 Å². The molecule has 0 spiro atoms. The van der Waals surface area contributed by atoms with Crippen LogP contribution in [0, 0.1) is 5.92 Å². The molecular weight excluding hydrogens is 243 g/mol. The van der Waals surface area contributed by atoms with Crippen molar-refractivity contribution in [3.8, 4) is 0 Å². The van der Waals surface area contributed by atoms with Crippen molar-refractivity contribution in [1.82, 2.24) is 9.55 Å². The second-order valence-corrected chi connectivity index (χ2v) is 4.06. The second-order valence-electron chi connectivity index (χ2n) is 4.06. The van der Waals surface area contributed by atoms with Gasteiger partial charge < -0.3 is 9.84 Å². The fourth-order valence-corrected chi connectivity index (χ4v) is 2.00. The van der Waals surface area contributed by atoms with Crippen LogP contribution in [0.4, 0.5) is 4.39 Å². The maximum Gasteiger partial charge on any atom is 0.330 e. The summed E-state index contributed by atoms with van der Waals surface area (Å²) in [7, 11) is 0.500. The van der Waals surface area contributed by atoms with E-state index in [1.54, 1.807) is 0 Å². The zero-order chi connectivity index (χ0) is 13.7. The number of nitrogens with zero attached hydrogens (tertiary/aromatic N) is 1. The number of aromatic nitrogens is 2. The van der Waals surface area contributed by atoms with Crippen LogP contribution in [0.2, 0.25) is 0 Å². The maximum atomic E-state index is 11.5. The molecule has 1 aromatic heterocycles. The van der Waals surface area contributed by atoms with E-state index in [-0.39, 0.29) is 18.6 Å². The van der Waals surface area contributed by atoms with E-state index >= 15 is 0 Å². The minimum absolute atomic E-state index is 0.0566. The molecule has 0 amide bonds. The van der Waals surface area contributed by atoms with Gasteiger partial charge >= 0.3 is 5.69 Å². The van der Waals surface area contributed by atoms with Crippen molar-refractivity contribution in [2.75, 3.05) is 13.8 Å². The molecule has 0 aromatic carbocycles. The van der Waals surface area contributed by atoms with Crippen LogP contribution in [0.5, 0.6) is 0 Å². The smallest absolute Gasteiger partial charge is 0.330 e. The van der Waals surface area contributed by atoms with Crippen LogP contribution in [0.25, 0.3) is 0 Å². The highest BCUT2D eigenvalue weighted by atomic mass is 19.1. The Morgan fingerprint density at radius 1 is 1.56 bits per heavy atom. The third kappa shape index (κ3) is 3.05. The first-order chi connectivity index (χ1) is 8.61. The zero-order valence-electron chi connectivity index (χ0n) is 10.3. The number of hydrogen-bond acceptors (Lipinski definition) is 4. The van der Waals surface area contributed by atoms with E-state index in [4.69, 9.17) is 9.84 Å². The number of aliphatic hydroxyl groups excluding tert-OH is 1. The van der Waals surface area contributed by atoms with Crippen LogP contribution < -0.4 is 11.2 Å². The lowest BCUT2D eigenvalue weighted by Gasteiger charge is -2.17. The summed E-state index contributed by atoms with van der Waals surface area (Å²) in [4.78, 5) is 24.6. The van der Waals surface area contributed by atoms with E-state index in [1.807, 2.05) is 6.92 Å². The molecule has 0 bridgehead atoms. The Bertz CT molecular complexity index is 484. The molecule has 0 aliphatic carbocycles. The van der Waals surface area contributed by atoms with Gasteiger partial charge in [0.05, 0.1) is 19.9 Å². The summed E-state index contributed by atoms with van der Waals surface area (Å²) in [6, 6.07) is 1.28. The van der Waals surface area contributed by atoms with E-state index in [2.05, 4.69) is 4.98 Å². The number of H-pyrrole nitrogens is 1. The van der Waals surface area contributed by atoms with Gasteiger partial charge in [-0.15, -0.1) is 0 Å². The fraction of sp³-hybridized carbons (Fsp3) is 0.636. The van der Waals surface area contributed by atoms with Gasteiger partial charge in [-0.3, -0.25) is 18.7 Å². The third-order valence-corrected chi connectivity index (χ3v) is 2.78. The number of halogens is 1. The molecule has 0 radical (unpaired) electrons. The maximum absolute atomic E-state index is 11.5. The molecule has 1 saturated heterocycles. The van der Waals surface area contributed by atoms with Crippen LogP contribution in [0.15, 0.2) is 21.9 Å². The highest BCUT2D eigenvalue weighted by molar-refractivity contribution is 4.87. The second kappa shape index (κ2) is 6.46. The predicted molar refractivity (Wildman–Crippen MR) is 63.1 cm³/mol.